The number of carbonyl (C=O) groups is 1. The zero-order chi connectivity index (χ0) is 19.8. The van der Waals surface area contributed by atoms with Crippen LogP contribution in [0.1, 0.15) is 50.6 Å². The minimum Gasteiger partial charge on any atom is -0.294 e. The number of ketones is 1. The minimum atomic E-state index is -0.364. The molecule has 2 aromatic carbocycles. The van der Waals surface area contributed by atoms with Crippen LogP contribution in [0.3, 0.4) is 0 Å². The fourth-order valence-electron chi connectivity index (χ4n) is 4.01. The highest BCUT2D eigenvalue weighted by Crippen LogP contribution is 2.34. The van der Waals surface area contributed by atoms with E-state index in [-0.39, 0.29) is 22.8 Å². The van der Waals surface area contributed by atoms with Gasteiger partial charge in [0.15, 0.2) is 5.78 Å². The zero-order valence-corrected chi connectivity index (χ0v) is 15.9. The molecule has 1 aromatic heterocycles. The summed E-state index contributed by atoms with van der Waals surface area (Å²) in [4.78, 5) is 26.1. The van der Waals surface area contributed by atoms with Crippen LogP contribution in [-0.2, 0) is 6.42 Å². The predicted molar refractivity (Wildman–Crippen MR) is 108 cm³/mol. The molecule has 3 aromatic rings. The lowest BCUT2D eigenvalue weighted by molar-refractivity contribution is 0.0962. The first-order valence-corrected chi connectivity index (χ1v) is 9.35. The van der Waals surface area contributed by atoms with E-state index in [9.17, 15) is 14.9 Å². The summed E-state index contributed by atoms with van der Waals surface area (Å²) in [5.74, 6) is -0.00411. The lowest BCUT2D eigenvalue weighted by Gasteiger charge is -2.27. The van der Waals surface area contributed by atoms with Gasteiger partial charge in [0.25, 0.3) is 5.56 Å². The molecule has 0 bridgehead atoms. The molecule has 1 atom stereocenters. The molecule has 0 saturated carbocycles. The smallest absolute Gasteiger partial charge is 0.273 e. The molecule has 4 rings (SSSR count). The van der Waals surface area contributed by atoms with Crippen LogP contribution in [0.2, 0.25) is 0 Å². The number of aromatic nitrogens is 1. The average Bonchev–Trinajstić information content (AvgIpc) is 2.71. The van der Waals surface area contributed by atoms with Crippen LogP contribution in [0.25, 0.3) is 5.69 Å². The van der Waals surface area contributed by atoms with Crippen molar-refractivity contribution >= 4 is 5.78 Å². The summed E-state index contributed by atoms with van der Waals surface area (Å²) in [6.07, 6.45) is 0.965. The molecule has 138 valence electrons. The Morgan fingerprint density at radius 1 is 1.00 bits per heavy atom. The summed E-state index contributed by atoms with van der Waals surface area (Å²) < 4.78 is 1.59. The Kier molecular flexibility index (Phi) is 4.44. The fraction of sp³-hybridized carbons (Fsp3) is 0.208. The van der Waals surface area contributed by atoms with Crippen molar-refractivity contribution < 1.29 is 4.79 Å². The van der Waals surface area contributed by atoms with Gasteiger partial charge in [-0.1, -0.05) is 42.5 Å². The van der Waals surface area contributed by atoms with Crippen molar-refractivity contribution in [3.05, 3.63) is 98.5 Å². The number of Topliss-reactive ketones (excluding diaryl/α,β-unsaturated/α-hetero) is 1. The molecular formula is C24H20N2O2. The molecule has 1 heterocycles. The largest absolute Gasteiger partial charge is 0.294 e. The first-order chi connectivity index (χ1) is 13.5. The number of rotatable bonds is 2. The second-order valence-electron chi connectivity index (χ2n) is 7.33. The molecule has 0 spiro atoms. The maximum Gasteiger partial charge on any atom is 0.273 e. The maximum atomic E-state index is 13.1. The minimum absolute atomic E-state index is 0.00571. The van der Waals surface area contributed by atoms with E-state index in [1.54, 1.807) is 4.57 Å². The summed E-state index contributed by atoms with van der Waals surface area (Å²) in [6, 6.07) is 19.1. The van der Waals surface area contributed by atoms with Crippen LogP contribution in [-0.4, -0.2) is 10.4 Å². The molecule has 0 N–H and O–H groups in total. The Labute approximate surface area is 163 Å². The fourth-order valence-corrected chi connectivity index (χ4v) is 4.01. The van der Waals surface area contributed by atoms with E-state index in [4.69, 9.17) is 0 Å². The van der Waals surface area contributed by atoms with E-state index in [0.29, 0.717) is 24.1 Å². The van der Waals surface area contributed by atoms with Gasteiger partial charge in [-0.05, 0) is 55.0 Å². The third kappa shape index (κ3) is 2.86. The van der Waals surface area contributed by atoms with Crippen LogP contribution in [0.5, 0.6) is 0 Å². The van der Waals surface area contributed by atoms with Crippen molar-refractivity contribution in [3.63, 3.8) is 0 Å². The number of benzene rings is 2. The van der Waals surface area contributed by atoms with Crippen molar-refractivity contribution in [1.29, 1.82) is 5.26 Å². The second kappa shape index (κ2) is 6.94. The predicted octanol–water partition coefficient (Wildman–Crippen LogP) is 4.24. The van der Waals surface area contributed by atoms with Crippen LogP contribution in [0.15, 0.2) is 59.4 Å². The van der Waals surface area contributed by atoms with Crippen molar-refractivity contribution in [2.45, 2.75) is 32.6 Å². The quantitative estimate of drug-likeness (QED) is 0.680. The lowest BCUT2D eigenvalue weighted by atomic mass is 9.81. The Morgan fingerprint density at radius 2 is 1.75 bits per heavy atom. The van der Waals surface area contributed by atoms with Gasteiger partial charge in [0.2, 0.25) is 0 Å². The third-order valence-electron chi connectivity index (χ3n) is 5.68. The average molecular weight is 368 g/mol. The molecular weight excluding hydrogens is 348 g/mol. The van der Waals surface area contributed by atoms with Gasteiger partial charge in [-0.25, -0.2) is 0 Å². The van der Waals surface area contributed by atoms with Gasteiger partial charge in [0.05, 0.1) is 5.69 Å². The van der Waals surface area contributed by atoms with Gasteiger partial charge in [0, 0.05) is 17.7 Å². The van der Waals surface area contributed by atoms with E-state index >= 15 is 0 Å². The number of hydrogen-bond donors (Lipinski definition) is 0. The number of hydrogen-bond acceptors (Lipinski definition) is 3. The van der Waals surface area contributed by atoms with Gasteiger partial charge in [-0.3, -0.25) is 14.2 Å². The number of fused-ring (bicyclic) bond motifs is 1. The lowest BCUT2D eigenvalue weighted by Crippen LogP contribution is -2.32. The van der Waals surface area contributed by atoms with E-state index in [0.717, 1.165) is 22.4 Å². The highest BCUT2D eigenvalue weighted by Gasteiger charge is 2.30. The van der Waals surface area contributed by atoms with Crippen LogP contribution in [0, 0.1) is 25.2 Å². The van der Waals surface area contributed by atoms with Crippen LogP contribution < -0.4 is 5.56 Å². The Bertz CT molecular complexity index is 1180. The number of aryl methyl sites for hydroxylation is 1. The first kappa shape index (κ1) is 17.9. The highest BCUT2D eigenvalue weighted by atomic mass is 16.1. The summed E-state index contributed by atoms with van der Waals surface area (Å²) >= 11 is 0. The van der Waals surface area contributed by atoms with E-state index in [1.165, 1.54) is 6.07 Å². The third-order valence-corrected chi connectivity index (χ3v) is 5.68. The summed E-state index contributed by atoms with van der Waals surface area (Å²) in [5, 5.41) is 9.46. The normalized spacial score (nSPS) is 15.8. The van der Waals surface area contributed by atoms with Crippen molar-refractivity contribution in [2.24, 2.45) is 0 Å². The van der Waals surface area contributed by atoms with E-state index < -0.39 is 0 Å². The number of nitriles is 1. The van der Waals surface area contributed by atoms with Crippen molar-refractivity contribution in [3.8, 4) is 11.8 Å². The summed E-state index contributed by atoms with van der Waals surface area (Å²) in [6.45, 7) is 3.95. The van der Waals surface area contributed by atoms with E-state index in [2.05, 4.69) is 0 Å². The summed E-state index contributed by atoms with van der Waals surface area (Å²) in [5.41, 5.74) is 4.68. The molecule has 28 heavy (non-hydrogen) atoms. The molecule has 4 heteroatoms. The molecule has 0 amide bonds. The summed E-state index contributed by atoms with van der Waals surface area (Å²) in [7, 11) is 0. The van der Waals surface area contributed by atoms with Gasteiger partial charge in [-0.15, -0.1) is 0 Å². The van der Waals surface area contributed by atoms with Crippen molar-refractivity contribution in [1.82, 2.24) is 4.57 Å². The zero-order valence-electron chi connectivity index (χ0n) is 15.9. The highest BCUT2D eigenvalue weighted by molar-refractivity contribution is 5.99. The number of nitrogens with zero attached hydrogens (tertiary/aromatic N) is 2. The van der Waals surface area contributed by atoms with Gasteiger partial charge in [0.1, 0.15) is 11.6 Å². The standard InChI is InChI=1S/C24H20N2O2/c1-15-7-6-10-21(16(15)2)26-22-12-18(17-8-4-3-5-9-17)13-23(27)20(22)11-19(14-25)24(26)28/h3-11,18H,12-13H2,1-2H3/t18-/m0/s1. The van der Waals surface area contributed by atoms with Crippen molar-refractivity contribution in [2.75, 3.05) is 0 Å². The Hall–Kier alpha value is -3.45. The molecule has 1 aliphatic carbocycles. The Balaban J connectivity index is 1.99. The second-order valence-corrected chi connectivity index (χ2v) is 7.33. The number of pyridine rings is 1. The first-order valence-electron chi connectivity index (χ1n) is 9.35. The molecule has 4 nitrogen and oxygen atoms in total. The SMILES string of the molecule is Cc1cccc(-n2c3c(cc(C#N)c2=O)C(=O)C[C@@H](c2ccccc2)C3)c1C. The molecule has 1 aliphatic rings. The van der Waals surface area contributed by atoms with Gasteiger partial charge < -0.3 is 0 Å². The Morgan fingerprint density at radius 3 is 2.46 bits per heavy atom. The maximum absolute atomic E-state index is 13.1. The molecule has 0 radical (unpaired) electrons. The van der Waals surface area contributed by atoms with Crippen LogP contribution in [0.4, 0.5) is 0 Å². The van der Waals surface area contributed by atoms with Crippen LogP contribution >= 0.6 is 0 Å². The monoisotopic (exact) mass is 368 g/mol. The van der Waals surface area contributed by atoms with Gasteiger partial charge >= 0.3 is 0 Å². The molecule has 0 saturated heterocycles. The molecule has 0 unspecified atom stereocenters. The molecule has 0 fully saturated rings. The molecule has 0 aliphatic heterocycles. The topological polar surface area (TPSA) is 62.9 Å². The van der Waals surface area contributed by atoms with Gasteiger partial charge in [-0.2, -0.15) is 5.26 Å². The van der Waals surface area contributed by atoms with E-state index in [1.807, 2.05) is 68.4 Å². The number of carbonyl (C=O) groups excluding carboxylic acids is 1.